The predicted octanol–water partition coefficient (Wildman–Crippen LogP) is -0.550. The van der Waals surface area contributed by atoms with Crippen LogP contribution in [0.1, 0.15) is 0 Å². The van der Waals surface area contributed by atoms with E-state index in [1.54, 1.807) is 0 Å². The molecule has 1 atom stereocenters. The molecule has 0 radical (unpaired) electrons. The lowest BCUT2D eigenvalue weighted by atomic mass is 10.4. The van der Waals surface area contributed by atoms with E-state index < -0.39 is 18.2 Å². The number of hydrogen-bond donors (Lipinski definition) is 2. The topological polar surface area (TPSA) is 66.8 Å². The number of hydrogen-bond acceptors (Lipinski definition) is 4. The van der Waals surface area contributed by atoms with Gasteiger partial charge >= 0.3 is 0 Å². The van der Waals surface area contributed by atoms with Crippen LogP contribution in [0.3, 0.4) is 0 Å². The second-order valence-corrected chi connectivity index (χ2v) is 4.86. The summed E-state index contributed by atoms with van der Waals surface area (Å²) >= 11 is 0. The molecular weight excluding hydrogens is 205 g/mol. The van der Waals surface area contributed by atoms with Gasteiger partial charge in [0.1, 0.15) is 6.10 Å². The molecule has 0 heterocycles. The number of aliphatic hydroxyl groups is 2. The maximum absolute atomic E-state index is 10.9. The first-order valence-corrected chi connectivity index (χ1v) is 5.14. The van der Waals surface area contributed by atoms with E-state index in [1.807, 2.05) is 21.1 Å². The molecule has 0 spiro atoms. The van der Waals surface area contributed by atoms with Gasteiger partial charge in [-0.3, -0.25) is 0 Å². The summed E-state index contributed by atoms with van der Waals surface area (Å²) in [6.45, 7) is 0.689. The fourth-order valence-electron chi connectivity index (χ4n) is 0.563. The molecule has 0 saturated carbocycles. The average molecular weight is 223 g/mol. The van der Waals surface area contributed by atoms with Gasteiger partial charge in [0, 0.05) is 5.52 Å². The van der Waals surface area contributed by atoms with E-state index in [2.05, 4.69) is 0 Å². The van der Waals surface area contributed by atoms with E-state index in [-0.39, 0.29) is 8.81 Å². The molecule has 2 N–H and O–H groups in total. The fourth-order valence-corrected chi connectivity index (χ4v) is 1.07. The number of rotatable bonds is 7. The molecule has 0 aliphatic heterocycles. The van der Waals surface area contributed by atoms with Gasteiger partial charge in [0.25, 0.3) is 0 Å². The van der Waals surface area contributed by atoms with Gasteiger partial charge in [-0.1, -0.05) is 0 Å². The summed E-state index contributed by atoms with van der Waals surface area (Å²) in [5.74, 6) is 0. The number of carbonyl (C=O) groups is 1. The molecule has 84 valence electrons. The number of quaternary nitrogens is 1. The highest BCUT2D eigenvalue weighted by Gasteiger charge is 2.05. The van der Waals surface area contributed by atoms with Crippen molar-refractivity contribution in [1.29, 1.82) is 0 Å². The lowest BCUT2D eigenvalue weighted by Crippen LogP contribution is -2.37. The minimum absolute atomic E-state index is 0.106. The van der Waals surface area contributed by atoms with E-state index in [0.717, 1.165) is 11.0 Å². The molecule has 0 amide bonds. The van der Waals surface area contributed by atoms with Crippen LogP contribution in [0.4, 0.5) is 0 Å². The monoisotopic (exact) mass is 223 g/mol. The van der Waals surface area contributed by atoms with Crippen molar-refractivity contribution in [3.05, 3.63) is 0 Å². The molecule has 1 unspecified atom stereocenters. The van der Waals surface area contributed by atoms with Crippen LogP contribution in [0.15, 0.2) is 0 Å². The van der Waals surface area contributed by atoms with E-state index in [0.29, 0.717) is 6.61 Å². The van der Waals surface area contributed by atoms with Crippen LogP contribution in [0, 0.1) is 0 Å². The quantitative estimate of drug-likeness (QED) is 0.345. The SMILES string of the molecule is C[N+](C)(C)CCO[P-]C(=O)C(O)CO. The summed E-state index contributed by atoms with van der Waals surface area (Å²) in [4.78, 5) is 10.9. The van der Waals surface area contributed by atoms with Gasteiger partial charge in [-0.15, -0.1) is 0 Å². The Morgan fingerprint density at radius 1 is 1.50 bits per heavy atom. The van der Waals surface area contributed by atoms with Gasteiger partial charge in [-0.25, -0.2) is 0 Å². The zero-order valence-electron chi connectivity index (χ0n) is 8.80. The number of likely N-dealkylation sites (N-methyl/N-ethyl adjacent to an activating group) is 1. The number of carbonyl (C=O) groups excluding carboxylic acids is 1. The summed E-state index contributed by atoms with van der Waals surface area (Å²) in [5, 5.41) is 17.4. The van der Waals surface area contributed by atoms with Crippen molar-refractivity contribution in [2.45, 2.75) is 6.10 Å². The van der Waals surface area contributed by atoms with Gasteiger partial charge in [-0.05, 0) is 0 Å². The van der Waals surface area contributed by atoms with Gasteiger partial charge in [0.2, 0.25) is 0 Å². The lowest BCUT2D eigenvalue weighted by molar-refractivity contribution is -0.870. The molecule has 5 nitrogen and oxygen atoms in total. The Balaban J connectivity index is 3.51. The molecule has 0 aromatic carbocycles. The van der Waals surface area contributed by atoms with E-state index >= 15 is 0 Å². The summed E-state index contributed by atoms with van der Waals surface area (Å²) in [6.07, 6.45) is -1.32. The molecular formula is C8H18NO4P. The van der Waals surface area contributed by atoms with Crippen molar-refractivity contribution in [1.82, 2.24) is 0 Å². The third-order valence-electron chi connectivity index (χ3n) is 1.47. The minimum Gasteiger partial charge on any atom is -0.546 e. The first-order valence-electron chi connectivity index (χ1n) is 4.33. The standard InChI is InChI=1S/C8H18NO4P/c1-9(2,3)4-5-13-14-8(12)7(11)6-10/h7,10-11H,4-6H2,1-3H3. The smallest absolute Gasteiger partial charge is 0.107 e. The summed E-state index contributed by atoms with van der Waals surface area (Å²) < 4.78 is 5.79. The Labute approximate surface area is 86.1 Å². The second kappa shape index (κ2) is 6.43. The first-order chi connectivity index (χ1) is 6.37. The Morgan fingerprint density at radius 3 is 2.50 bits per heavy atom. The van der Waals surface area contributed by atoms with Crippen molar-refractivity contribution >= 4 is 14.3 Å². The van der Waals surface area contributed by atoms with Gasteiger partial charge in [0.15, 0.2) is 0 Å². The molecule has 0 aliphatic carbocycles. The van der Waals surface area contributed by atoms with E-state index in [9.17, 15) is 4.79 Å². The van der Waals surface area contributed by atoms with Gasteiger partial charge < -0.3 is 32.8 Å². The highest BCUT2D eigenvalue weighted by Crippen LogP contribution is 2.15. The van der Waals surface area contributed by atoms with Crippen LogP contribution >= 0.6 is 8.81 Å². The molecule has 0 saturated heterocycles. The van der Waals surface area contributed by atoms with E-state index in [4.69, 9.17) is 14.7 Å². The highest BCUT2D eigenvalue weighted by atomic mass is 31.1. The fraction of sp³-hybridized carbons (Fsp3) is 0.875. The van der Waals surface area contributed by atoms with Crippen molar-refractivity contribution < 1.29 is 24.0 Å². The highest BCUT2D eigenvalue weighted by molar-refractivity contribution is 7.53. The zero-order valence-corrected chi connectivity index (χ0v) is 9.70. The number of aliphatic hydroxyl groups excluding tert-OH is 2. The molecule has 0 fully saturated rings. The Kier molecular flexibility index (Phi) is 6.40. The first kappa shape index (κ1) is 13.9. The second-order valence-electron chi connectivity index (χ2n) is 3.98. The van der Waals surface area contributed by atoms with Crippen molar-refractivity contribution in [3.63, 3.8) is 0 Å². The average Bonchev–Trinajstić information content (AvgIpc) is 2.09. The third-order valence-corrected chi connectivity index (χ3v) is 2.26. The van der Waals surface area contributed by atoms with Crippen LogP contribution in [0.25, 0.3) is 0 Å². The molecule has 6 heteroatoms. The Hall–Kier alpha value is -0.0600. The molecule has 0 aromatic heterocycles. The van der Waals surface area contributed by atoms with Crippen LogP contribution in [0.5, 0.6) is 0 Å². The molecule has 14 heavy (non-hydrogen) atoms. The molecule has 0 aliphatic rings. The maximum atomic E-state index is 10.9. The predicted molar refractivity (Wildman–Crippen MR) is 53.9 cm³/mol. The molecule has 0 aromatic rings. The van der Waals surface area contributed by atoms with Crippen LogP contribution in [0.2, 0.25) is 0 Å². The van der Waals surface area contributed by atoms with Crippen LogP contribution in [-0.2, 0) is 9.32 Å². The normalized spacial score (nSPS) is 14.9. The van der Waals surface area contributed by atoms with Crippen LogP contribution in [-0.4, -0.2) is 67.2 Å². The van der Waals surface area contributed by atoms with Gasteiger partial charge in [-0.2, -0.15) is 0 Å². The Morgan fingerprint density at radius 2 is 2.07 bits per heavy atom. The third kappa shape index (κ3) is 7.35. The molecule has 0 bridgehead atoms. The number of nitrogens with zero attached hydrogens (tertiary/aromatic N) is 1. The van der Waals surface area contributed by atoms with E-state index in [1.165, 1.54) is 0 Å². The van der Waals surface area contributed by atoms with Crippen molar-refractivity contribution in [3.8, 4) is 0 Å². The summed E-state index contributed by atoms with van der Waals surface area (Å²) in [7, 11) is 6.16. The van der Waals surface area contributed by atoms with Crippen molar-refractivity contribution in [2.75, 3.05) is 40.9 Å². The van der Waals surface area contributed by atoms with Crippen LogP contribution < -0.4 is 0 Å². The summed E-state index contributed by atoms with van der Waals surface area (Å²) in [6, 6.07) is 0. The molecule has 0 rings (SSSR count). The summed E-state index contributed by atoms with van der Waals surface area (Å²) in [5.41, 5.74) is -0.506. The lowest BCUT2D eigenvalue weighted by Gasteiger charge is -2.27. The largest absolute Gasteiger partial charge is 0.546 e. The Bertz CT molecular complexity index is 181. The van der Waals surface area contributed by atoms with Gasteiger partial charge in [0.05, 0.1) is 40.9 Å². The van der Waals surface area contributed by atoms with Crippen molar-refractivity contribution in [2.24, 2.45) is 0 Å². The minimum atomic E-state index is -1.32. The zero-order chi connectivity index (χ0) is 11.2. The maximum Gasteiger partial charge on any atom is 0.107 e.